The van der Waals surface area contributed by atoms with Crippen LogP contribution in [0.3, 0.4) is 0 Å². The topological polar surface area (TPSA) is 107 Å². The second kappa shape index (κ2) is 8.34. The third-order valence-electron chi connectivity index (χ3n) is 4.91. The Hall–Kier alpha value is -2.68. The highest BCUT2D eigenvalue weighted by Gasteiger charge is 2.27. The van der Waals surface area contributed by atoms with Gasteiger partial charge < -0.3 is 19.4 Å². The minimum Gasteiger partial charge on any atom is -0.342 e. The lowest BCUT2D eigenvalue weighted by atomic mass is 9.96. The smallest absolute Gasteiger partial charge is 0.325 e. The lowest BCUT2D eigenvalue weighted by Crippen LogP contribution is -2.41. The zero-order valence-corrected chi connectivity index (χ0v) is 15.8. The van der Waals surface area contributed by atoms with Crippen LogP contribution in [-0.4, -0.2) is 69.0 Å². The summed E-state index contributed by atoms with van der Waals surface area (Å²) in [5.41, 5.74) is -0.812. The van der Waals surface area contributed by atoms with Crippen molar-refractivity contribution in [2.24, 2.45) is 0 Å². The number of rotatable bonds is 6. The lowest BCUT2D eigenvalue weighted by molar-refractivity contribution is -0.131. The molecule has 2 N–H and O–H groups in total. The standard InChI is InChI=1S/C18H26N6O3/c1-22(2)8-9-23-7-5-19-16(23)13-4-3-6-24(12-13)15(25)10-14-11-20-18(27)21-17(14)26/h5,7,11,13H,3-4,6,8-10,12H2,1-2H3,(H2,20,21,26,27). The minimum absolute atomic E-state index is 0.0199. The van der Waals surface area contributed by atoms with Crippen LogP contribution < -0.4 is 11.2 Å². The molecule has 3 rings (SSSR count). The summed E-state index contributed by atoms with van der Waals surface area (Å²) in [7, 11) is 4.08. The average molecular weight is 374 g/mol. The van der Waals surface area contributed by atoms with Gasteiger partial charge in [-0.15, -0.1) is 0 Å². The van der Waals surface area contributed by atoms with Crippen molar-refractivity contribution >= 4 is 5.91 Å². The number of aromatic amines is 2. The summed E-state index contributed by atoms with van der Waals surface area (Å²) in [5, 5.41) is 0. The van der Waals surface area contributed by atoms with Crippen molar-refractivity contribution in [3.8, 4) is 0 Å². The highest BCUT2D eigenvalue weighted by molar-refractivity contribution is 5.78. The molecular weight excluding hydrogens is 348 g/mol. The molecule has 0 radical (unpaired) electrons. The van der Waals surface area contributed by atoms with Gasteiger partial charge in [0.05, 0.1) is 6.42 Å². The van der Waals surface area contributed by atoms with E-state index in [1.165, 1.54) is 6.20 Å². The van der Waals surface area contributed by atoms with Crippen molar-refractivity contribution in [2.75, 3.05) is 33.7 Å². The van der Waals surface area contributed by atoms with Gasteiger partial charge in [-0.25, -0.2) is 9.78 Å². The summed E-state index contributed by atoms with van der Waals surface area (Å²) < 4.78 is 2.16. The zero-order chi connectivity index (χ0) is 19.4. The van der Waals surface area contributed by atoms with Crippen molar-refractivity contribution in [1.29, 1.82) is 0 Å². The van der Waals surface area contributed by atoms with E-state index >= 15 is 0 Å². The van der Waals surface area contributed by atoms with Gasteiger partial charge in [0.2, 0.25) is 5.91 Å². The first-order valence-corrected chi connectivity index (χ1v) is 9.18. The SMILES string of the molecule is CN(C)CCn1ccnc1C1CCCN(C(=O)Cc2c[nH]c(=O)[nH]c2=O)C1. The van der Waals surface area contributed by atoms with Crippen LogP contribution in [0.2, 0.25) is 0 Å². The Kier molecular flexibility index (Phi) is 5.90. The molecule has 9 heteroatoms. The molecule has 27 heavy (non-hydrogen) atoms. The van der Waals surface area contributed by atoms with Crippen LogP contribution >= 0.6 is 0 Å². The Morgan fingerprint density at radius 1 is 1.37 bits per heavy atom. The normalized spacial score (nSPS) is 17.4. The first-order valence-electron chi connectivity index (χ1n) is 9.18. The summed E-state index contributed by atoms with van der Waals surface area (Å²) in [4.78, 5) is 48.6. The number of amides is 1. The Morgan fingerprint density at radius 2 is 2.19 bits per heavy atom. The highest BCUT2D eigenvalue weighted by atomic mass is 16.2. The number of nitrogens with one attached hydrogen (secondary N) is 2. The molecule has 9 nitrogen and oxygen atoms in total. The lowest BCUT2D eigenvalue weighted by Gasteiger charge is -2.33. The van der Waals surface area contributed by atoms with Crippen molar-refractivity contribution < 1.29 is 4.79 Å². The number of hydrogen-bond acceptors (Lipinski definition) is 5. The van der Waals surface area contributed by atoms with E-state index in [-0.39, 0.29) is 23.8 Å². The molecule has 1 atom stereocenters. The fourth-order valence-corrected chi connectivity index (χ4v) is 3.44. The largest absolute Gasteiger partial charge is 0.342 e. The summed E-state index contributed by atoms with van der Waals surface area (Å²) in [6.45, 7) is 3.06. The number of H-pyrrole nitrogens is 2. The molecule has 0 spiro atoms. The van der Waals surface area contributed by atoms with E-state index in [1.54, 1.807) is 4.90 Å². The Bertz CT molecular complexity index is 897. The Labute approximate surface area is 157 Å². The third kappa shape index (κ3) is 4.73. The minimum atomic E-state index is -0.571. The van der Waals surface area contributed by atoms with Gasteiger partial charge in [-0.1, -0.05) is 0 Å². The van der Waals surface area contributed by atoms with Crippen molar-refractivity contribution in [3.63, 3.8) is 0 Å². The maximum Gasteiger partial charge on any atom is 0.325 e. The summed E-state index contributed by atoms with van der Waals surface area (Å²) in [6.07, 6.45) is 6.98. The number of carbonyl (C=O) groups excluding carboxylic acids is 1. The van der Waals surface area contributed by atoms with E-state index in [9.17, 15) is 14.4 Å². The van der Waals surface area contributed by atoms with Gasteiger partial charge in [0.25, 0.3) is 5.56 Å². The van der Waals surface area contributed by atoms with Crippen LogP contribution in [-0.2, 0) is 17.8 Å². The van der Waals surface area contributed by atoms with E-state index in [2.05, 4.69) is 24.4 Å². The summed E-state index contributed by atoms with van der Waals surface area (Å²) in [5.74, 6) is 1.09. The molecule has 0 aromatic carbocycles. The molecule has 1 aliphatic heterocycles. The number of aromatic nitrogens is 4. The number of imidazole rings is 1. The molecule has 3 heterocycles. The molecule has 2 aromatic rings. The van der Waals surface area contributed by atoms with Gasteiger partial charge >= 0.3 is 5.69 Å². The van der Waals surface area contributed by atoms with Crippen LogP contribution in [0.4, 0.5) is 0 Å². The fraction of sp³-hybridized carbons (Fsp3) is 0.556. The number of likely N-dealkylation sites (N-methyl/N-ethyl adjacent to an activating group) is 1. The Morgan fingerprint density at radius 3 is 2.93 bits per heavy atom. The number of likely N-dealkylation sites (tertiary alicyclic amines) is 1. The van der Waals surface area contributed by atoms with Crippen molar-refractivity contribution in [3.05, 3.63) is 50.8 Å². The molecule has 0 aliphatic carbocycles. The maximum absolute atomic E-state index is 12.7. The molecule has 1 saturated heterocycles. The first kappa shape index (κ1) is 19.1. The van der Waals surface area contributed by atoms with E-state index in [0.29, 0.717) is 13.1 Å². The molecule has 0 bridgehead atoms. The zero-order valence-electron chi connectivity index (χ0n) is 15.8. The van der Waals surface area contributed by atoms with Crippen molar-refractivity contribution in [1.82, 2.24) is 29.3 Å². The van der Waals surface area contributed by atoms with Gasteiger partial charge in [0, 0.05) is 56.3 Å². The monoisotopic (exact) mass is 374 g/mol. The number of hydrogen-bond donors (Lipinski definition) is 2. The van der Waals surface area contributed by atoms with E-state index in [1.807, 2.05) is 26.5 Å². The number of piperidine rings is 1. The molecule has 1 unspecified atom stereocenters. The fourth-order valence-electron chi connectivity index (χ4n) is 3.44. The second-order valence-electron chi connectivity index (χ2n) is 7.23. The van der Waals surface area contributed by atoms with Gasteiger partial charge in [0.1, 0.15) is 5.82 Å². The molecule has 146 valence electrons. The maximum atomic E-state index is 12.7. The van der Waals surface area contributed by atoms with Gasteiger partial charge in [-0.2, -0.15) is 0 Å². The third-order valence-corrected chi connectivity index (χ3v) is 4.91. The van der Waals surface area contributed by atoms with E-state index in [4.69, 9.17) is 0 Å². The molecule has 2 aromatic heterocycles. The van der Waals surface area contributed by atoms with Crippen LogP contribution in [0.25, 0.3) is 0 Å². The molecular formula is C18H26N6O3. The average Bonchev–Trinajstić information content (AvgIpc) is 3.11. The van der Waals surface area contributed by atoms with Gasteiger partial charge in [-0.05, 0) is 26.9 Å². The number of nitrogens with zero attached hydrogens (tertiary/aromatic N) is 4. The Balaban J connectivity index is 1.67. The second-order valence-corrected chi connectivity index (χ2v) is 7.23. The highest BCUT2D eigenvalue weighted by Crippen LogP contribution is 2.26. The van der Waals surface area contributed by atoms with Crippen molar-refractivity contribution in [2.45, 2.75) is 31.7 Å². The van der Waals surface area contributed by atoms with Gasteiger partial charge in [0.15, 0.2) is 0 Å². The predicted molar refractivity (Wildman–Crippen MR) is 101 cm³/mol. The van der Waals surface area contributed by atoms with E-state index < -0.39 is 11.2 Å². The molecule has 1 amide bonds. The molecule has 1 fully saturated rings. The van der Waals surface area contributed by atoms with Gasteiger partial charge in [-0.3, -0.25) is 14.6 Å². The molecule has 0 saturated carbocycles. The quantitative estimate of drug-likeness (QED) is 0.726. The van der Waals surface area contributed by atoms with Crippen LogP contribution in [0, 0.1) is 0 Å². The summed E-state index contributed by atoms with van der Waals surface area (Å²) in [6, 6.07) is 0. The number of carbonyl (C=O) groups is 1. The molecule has 1 aliphatic rings. The summed E-state index contributed by atoms with van der Waals surface area (Å²) >= 11 is 0. The van der Waals surface area contributed by atoms with Crippen LogP contribution in [0.5, 0.6) is 0 Å². The van der Waals surface area contributed by atoms with Crippen LogP contribution in [0.1, 0.15) is 30.1 Å². The first-order chi connectivity index (χ1) is 12.9. The predicted octanol–water partition coefficient (Wildman–Crippen LogP) is -0.230. The van der Waals surface area contributed by atoms with Crippen LogP contribution in [0.15, 0.2) is 28.2 Å². The van der Waals surface area contributed by atoms with E-state index in [0.717, 1.165) is 31.8 Å².